The van der Waals surface area contributed by atoms with Crippen LogP contribution in [0.25, 0.3) is 0 Å². The van der Waals surface area contributed by atoms with E-state index in [1.165, 1.54) is 25.7 Å². The number of unbranched alkanes of at least 4 members (excludes halogenated alkanes) is 2. The molecule has 0 saturated heterocycles. The fourth-order valence-electron chi connectivity index (χ4n) is 2.11. The highest BCUT2D eigenvalue weighted by molar-refractivity contribution is 7.85. The Balaban J connectivity index is 3.57. The summed E-state index contributed by atoms with van der Waals surface area (Å²) >= 11 is 18.5. The fourth-order valence-corrected chi connectivity index (χ4v) is 3.28. The van der Waals surface area contributed by atoms with Crippen molar-refractivity contribution in [2.75, 3.05) is 13.2 Å². The van der Waals surface area contributed by atoms with E-state index in [4.69, 9.17) is 4.74 Å². The van der Waals surface area contributed by atoms with Gasteiger partial charge in [0.05, 0.1) is 0 Å². The van der Waals surface area contributed by atoms with Gasteiger partial charge in [-0.2, -0.15) is 50.5 Å². The van der Waals surface area contributed by atoms with Crippen LogP contribution < -0.4 is 0 Å². The lowest BCUT2D eigenvalue weighted by molar-refractivity contribution is 0.128. The van der Waals surface area contributed by atoms with Gasteiger partial charge in [0, 0.05) is 34.2 Å². The van der Waals surface area contributed by atoms with E-state index in [-0.39, 0.29) is 0 Å². The molecule has 0 rings (SSSR count). The van der Waals surface area contributed by atoms with Crippen molar-refractivity contribution in [2.24, 2.45) is 0 Å². The lowest BCUT2D eigenvalue weighted by Crippen LogP contribution is -2.20. The van der Waals surface area contributed by atoms with E-state index in [0.717, 1.165) is 38.9 Å². The fraction of sp³-hybridized carbons (Fsp3) is 1.00. The minimum Gasteiger partial charge on any atom is -0.381 e. The zero-order valence-electron chi connectivity index (χ0n) is 13.6. The molecule has 1 nitrogen and oxygen atoms in total. The number of hydrogen-bond acceptors (Lipinski definition) is 5. The van der Waals surface area contributed by atoms with Gasteiger partial charge in [0.1, 0.15) is 0 Å². The summed E-state index contributed by atoms with van der Waals surface area (Å²) in [4.78, 5) is 0. The molecule has 0 bridgehead atoms. The minimum absolute atomic E-state index is 0.328. The van der Waals surface area contributed by atoms with Crippen LogP contribution in [0, 0.1) is 0 Å². The number of hydrogen-bond donors (Lipinski definition) is 4. The molecule has 0 aliphatic carbocycles. The standard InChI is InChI=1S/C16H34OS4/c1-3-5-7-13(18)15(20)9-11-17-12-10-16(21)14(19)8-6-4-2/h13-16,18-21H,3-12H2,1-2H3. The van der Waals surface area contributed by atoms with Crippen LogP contribution in [0.1, 0.15) is 65.2 Å². The molecule has 0 N–H and O–H groups in total. The highest BCUT2D eigenvalue weighted by Crippen LogP contribution is 2.20. The molecule has 0 spiro atoms. The summed E-state index contributed by atoms with van der Waals surface area (Å²) in [6, 6.07) is 0. The summed E-state index contributed by atoms with van der Waals surface area (Å²) in [6.07, 6.45) is 9.14. The first-order valence-corrected chi connectivity index (χ1v) is 10.4. The quantitative estimate of drug-likeness (QED) is 0.238. The van der Waals surface area contributed by atoms with Gasteiger partial charge in [-0.3, -0.25) is 0 Å². The zero-order valence-corrected chi connectivity index (χ0v) is 17.2. The molecule has 0 fully saturated rings. The molecule has 21 heavy (non-hydrogen) atoms. The van der Waals surface area contributed by atoms with E-state index in [1.807, 2.05) is 0 Å². The summed E-state index contributed by atoms with van der Waals surface area (Å²) in [5.74, 6) is 0. The lowest BCUT2D eigenvalue weighted by atomic mass is 10.1. The van der Waals surface area contributed by atoms with Gasteiger partial charge in [0.2, 0.25) is 0 Å². The first-order valence-electron chi connectivity index (χ1n) is 8.32. The third-order valence-electron chi connectivity index (χ3n) is 3.71. The molecule has 0 aliphatic rings. The average molecular weight is 371 g/mol. The van der Waals surface area contributed by atoms with Crippen LogP contribution in [-0.4, -0.2) is 34.2 Å². The molecular weight excluding hydrogens is 336 g/mol. The number of ether oxygens (including phenoxy) is 1. The van der Waals surface area contributed by atoms with Crippen molar-refractivity contribution < 1.29 is 4.74 Å². The van der Waals surface area contributed by atoms with Crippen molar-refractivity contribution in [3.63, 3.8) is 0 Å². The Bertz CT molecular complexity index is 206. The van der Waals surface area contributed by atoms with Gasteiger partial charge >= 0.3 is 0 Å². The van der Waals surface area contributed by atoms with Gasteiger partial charge in [-0.25, -0.2) is 0 Å². The van der Waals surface area contributed by atoms with Gasteiger partial charge in [-0.05, 0) is 25.7 Å². The topological polar surface area (TPSA) is 9.23 Å². The van der Waals surface area contributed by atoms with Crippen LogP contribution in [0.15, 0.2) is 0 Å². The van der Waals surface area contributed by atoms with Crippen LogP contribution in [-0.2, 0) is 4.74 Å². The molecule has 0 heterocycles. The summed E-state index contributed by atoms with van der Waals surface area (Å²) in [5, 5.41) is 1.42. The van der Waals surface area contributed by atoms with Crippen molar-refractivity contribution in [1.82, 2.24) is 0 Å². The predicted octanol–water partition coefficient (Wildman–Crippen LogP) is 5.36. The third-order valence-corrected chi connectivity index (χ3v) is 6.65. The monoisotopic (exact) mass is 370 g/mol. The molecule has 0 aromatic rings. The van der Waals surface area contributed by atoms with Crippen molar-refractivity contribution in [1.29, 1.82) is 0 Å². The molecule has 0 amide bonds. The summed E-state index contributed by atoms with van der Waals surface area (Å²) in [5.41, 5.74) is 0. The molecular formula is C16H34OS4. The van der Waals surface area contributed by atoms with Crippen molar-refractivity contribution in [3.8, 4) is 0 Å². The molecule has 0 radical (unpaired) electrons. The second kappa shape index (κ2) is 14.9. The van der Waals surface area contributed by atoms with Gasteiger partial charge in [-0.15, -0.1) is 0 Å². The van der Waals surface area contributed by atoms with Gasteiger partial charge in [0.25, 0.3) is 0 Å². The van der Waals surface area contributed by atoms with E-state index in [9.17, 15) is 0 Å². The van der Waals surface area contributed by atoms with E-state index in [0.29, 0.717) is 21.0 Å². The molecule has 4 atom stereocenters. The van der Waals surface area contributed by atoms with E-state index in [2.05, 4.69) is 64.4 Å². The molecule has 0 aliphatic heterocycles. The van der Waals surface area contributed by atoms with Crippen molar-refractivity contribution in [3.05, 3.63) is 0 Å². The maximum absolute atomic E-state index is 5.72. The third kappa shape index (κ3) is 12.4. The smallest absolute Gasteiger partial charge is 0.0476 e. The lowest BCUT2D eigenvalue weighted by Gasteiger charge is -2.20. The van der Waals surface area contributed by atoms with Crippen molar-refractivity contribution >= 4 is 50.5 Å². The number of rotatable bonds is 14. The Morgan fingerprint density at radius 3 is 1.29 bits per heavy atom. The normalized spacial score (nSPS) is 17.4. The second-order valence-corrected chi connectivity index (χ2v) is 8.40. The Morgan fingerprint density at radius 2 is 0.952 bits per heavy atom. The molecule has 0 aromatic heterocycles. The Hall–Kier alpha value is 1.36. The van der Waals surface area contributed by atoms with Crippen LogP contribution in [0.2, 0.25) is 0 Å². The maximum atomic E-state index is 5.72. The first-order chi connectivity index (χ1) is 10.0. The SMILES string of the molecule is CCCCC(S)C(S)CCOCCC(S)C(S)CCCC. The van der Waals surface area contributed by atoms with Crippen LogP contribution in [0.4, 0.5) is 0 Å². The number of thiol groups is 4. The van der Waals surface area contributed by atoms with E-state index < -0.39 is 0 Å². The molecule has 0 aromatic carbocycles. The molecule has 5 heteroatoms. The Labute approximate surface area is 154 Å². The van der Waals surface area contributed by atoms with Gasteiger partial charge in [-0.1, -0.05) is 39.5 Å². The van der Waals surface area contributed by atoms with Gasteiger partial charge < -0.3 is 4.74 Å². The summed E-state index contributed by atoms with van der Waals surface area (Å²) in [6.45, 7) is 5.95. The average Bonchev–Trinajstić information content (AvgIpc) is 2.49. The maximum Gasteiger partial charge on any atom is 0.0476 e. The first kappa shape index (κ1) is 22.4. The Kier molecular flexibility index (Phi) is 15.9. The molecule has 4 unspecified atom stereocenters. The second-order valence-electron chi connectivity index (χ2n) is 5.74. The predicted molar refractivity (Wildman–Crippen MR) is 110 cm³/mol. The highest BCUT2D eigenvalue weighted by Gasteiger charge is 2.15. The summed E-state index contributed by atoms with van der Waals surface area (Å²) < 4.78 is 5.72. The van der Waals surface area contributed by atoms with E-state index in [1.54, 1.807) is 0 Å². The molecule has 0 saturated carbocycles. The van der Waals surface area contributed by atoms with Crippen LogP contribution in [0.5, 0.6) is 0 Å². The van der Waals surface area contributed by atoms with Crippen LogP contribution >= 0.6 is 50.5 Å². The summed E-state index contributed by atoms with van der Waals surface area (Å²) in [7, 11) is 0. The van der Waals surface area contributed by atoms with E-state index >= 15 is 0 Å². The zero-order chi connectivity index (χ0) is 16.1. The molecule has 128 valence electrons. The minimum atomic E-state index is 0.328. The highest BCUT2D eigenvalue weighted by atomic mass is 32.1. The Morgan fingerprint density at radius 1 is 0.619 bits per heavy atom. The largest absolute Gasteiger partial charge is 0.381 e. The van der Waals surface area contributed by atoms with Gasteiger partial charge in [0.15, 0.2) is 0 Å². The van der Waals surface area contributed by atoms with Crippen LogP contribution in [0.3, 0.4) is 0 Å². The van der Waals surface area contributed by atoms with Crippen molar-refractivity contribution in [2.45, 2.75) is 86.2 Å².